The van der Waals surface area contributed by atoms with Crippen LogP contribution in [0.1, 0.15) is 53.6 Å². The number of nitrogens with one attached hydrogen (secondary N) is 3. The lowest BCUT2D eigenvalue weighted by Crippen LogP contribution is -2.52. The van der Waals surface area contributed by atoms with Crippen molar-refractivity contribution in [2.45, 2.75) is 56.8 Å². The van der Waals surface area contributed by atoms with Crippen molar-refractivity contribution < 1.29 is 14.4 Å². The Morgan fingerprint density at radius 1 is 1.25 bits per heavy atom. The number of benzene rings is 1. The van der Waals surface area contributed by atoms with Crippen molar-refractivity contribution in [3.05, 3.63) is 34.9 Å². The van der Waals surface area contributed by atoms with Gasteiger partial charge in [-0.3, -0.25) is 19.7 Å². The molecule has 3 N–H and O–H groups in total. The van der Waals surface area contributed by atoms with E-state index in [1.54, 1.807) is 4.90 Å². The van der Waals surface area contributed by atoms with Gasteiger partial charge in [-0.2, -0.15) is 0 Å². The molecule has 0 aromatic heterocycles. The summed E-state index contributed by atoms with van der Waals surface area (Å²) in [6, 6.07) is 5.51. The Morgan fingerprint density at radius 3 is 3.00 bits per heavy atom. The maximum absolute atomic E-state index is 12.9. The lowest BCUT2D eigenvalue weighted by atomic mass is 10.0. The van der Waals surface area contributed by atoms with E-state index in [1.165, 1.54) is 19.3 Å². The molecule has 3 atom stereocenters. The van der Waals surface area contributed by atoms with Crippen LogP contribution in [0.2, 0.25) is 0 Å². The van der Waals surface area contributed by atoms with E-state index >= 15 is 0 Å². The molecule has 3 heterocycles. The molecule has 28 heavy (non-hydrogen) atoms. The monoisotopic (exact) mass is 382 g/mol. The molecule has 1 saturated carbocycles. The molecule has 3 aliphatic heterocycles. The number of imide groups is 1. The largest absolute Gasteiger partial charge is 0.322 e. The second kappa shape index (κ2) is 6.67. The van der Waals surface area contributed by atoms with E-state index in [4.69, 9.17) is 0 Å². The summed E-state index contributed by atoms with van der Waals surface area (Å²) in [4.78, 5) is 38.1. The average Bonchev–Trinajstić information content (AvgIpc) is 3.31. The minimum atomic E-state index is -0.552. The Kier molecular flexibility index (Phi) is 4.25. The SMILES string of the molecule is O=C1CCC(N2Cc3ccc(CNC45CCCNCC4C5)cc3C2=O)C(=O)N1. The topological polar surface area (TPSA) is 90.5 Å². The predicted molar refractivity (Wildman–Crippen MR) is 102 cm³/mol. The fourth-order valence-corrected chi connectivity index (χ4v) is 5.05. The van der Waals surface area contributed by atoms with Crippen LogP contribution in [0, 0.1) is 5.92 Å². The molecule has 0 radical (unpaired) electrons. The van der Waals surface area contributed by atoms with Gasteiger partial charge in [0.2, 0.25) is 11.8 Å². The Labute approximate surface area is 164 Å². The van der Waals surface area contributed by atoms with Crippen molar-refractivity contribution in [1.29, 1.82) is 0 Å². The van der Waals surface area contributed by atoms with Crippen molar-refractivity contribution in [3.8, 4) is 0 Å². The summed E-state index contributed by atoms with van der Waals surface area (Å²) in [6.45, 7) is 3.39. The number of fused-ring (bicyclic) bond motifs is 2. The lowest BCUT2D eigenvalue weighted by molar-refractivity contribution is -0.136. The minimum Gasteiger partial charge on any atom is -0.322 e. The standard InChI is InChI=1S/C21H26N4O3/c26-18-5-4-17(19(27)24-18)25-12-14-3-2-13(8-16(14)20(25)28)10-23-21-6-1-7-22-11-15(21)9-21/h2-3,8,15,17,22-23H,1,4-7,9-12H2,(H,24,26,27). The molecule has 3 fully saturated rings. The zero-order valence-corrected chi connectivity index (χ0v) is 15.9. The first kappa shape index (κ1) is 17.8. The predicted octanol–water partition coefficient (Wildman–Crippen LogP) is 0.679. The van der Waals surface area contributed by atoms with Crippen LogP contribution in [0.3, 0.4) is 0 Å². The van der Waals surface area contributed by atoms with Crippen LogP contribution in [0.5, 0.6) is 0 Å². The quantitative estimate of drug-likeness (QED) is 0.667. The molecular weight excluding hydrogens is 356 g/mol. The van der Waals surface area contributed by atoms with Crippen LogP contribution in [0.15, 0.2) is 18.2 Å². The van der Waals surface area contributed by atoms with E-state index in [1.807, 2.05) is 12.1 Å². The Balaban J connectivity index is 1.27. The third-order valence-corrected chi connectivity index (χ3v) is 6.84. The molecule has 7 heteroatoms. The van der Waals surface area contributed by atoms with E-state index in [9.17, 15) is 14.4 Å². The van der Waals surface area contributed by atoms with Gasteiger partial charge in [0.05, 0.1) is 0 Å². The number of carbonyl (C=O) groups is 3. The normalized spacial score (nSPS) is 31.9. The summed E-state index contributed by atoms with van der Waals surface area (Å²) in [7, 11) is 0. The second-order valence-electron chi connectivity index (χ2n) is 8.61. The number of hydrogen-bond acceptors (Lipinski definition) is 5. The molecule has 0 spiro atoms. The zero-order valence-electron chi connectivity index (χ0n) is 15.9. The van der Waals surface area contributed by atoms with Gasteiger partial charge in [-0.1, -0.05) is 12.1 Å². The maximum Gasteiger partial charge on any atom is 0.255 e. The molecule has 0 bridgehead atoms. The van der Waals surface area contributed by atoms with Gasteiger partial charge in [-0.05, 0) is 61.9 Å². The summed E-state index contributed by atoms with van der Waals surface area (Å²) in [5.41, 5.74) is 3.02. The molecule has 1 aliphatic carbocycles. The number of carbonyl (C=O) groups excluding carboxylic acids is 3. The average molecular weight is 382 g/mol. The summed E-state index contributed by atoms with van der Waals surface area (Å²) in [6.07, 6.45) is 4.32. The van der Waals surface area contributed by atoms with Crippen LogP contribution in [0.4, 0.5) is 0 Å². The molecule has 1 aromatic carbocycles. The van der Waals surface area contributed by atoms with E-state index in [0.29, 0.717) is 24.4 Å². The van der Waals surface area contributed by atoms with E-state index < -0.39 is 6.04 Å². The van der Waals surface area contributed by atoms with Crippen molar-refractivity contribution in [3.63, 3.8) is 0 Å². The maximum atomic E-state index is 12.9. The number of hydrogen-bond donors (Lipinski definition) is 3. The van der Waals surface area contributed by atoms with Crippen molar-refractivity contribution in [1.82, 2.24) is 20.9 Å². The first-order chi connectivity index (χ1) is 13.6. The molecular formula is C21H26N4O3. The van der Waals surface area contributed by atoms with Gasteiger partial charge in [0.1, 0.15) is 6.04 Å². The summed E-state index contributed by atoms with van der Waals surface area (Å²) in [5.74, 6) is -0.00747. The van der Waals surface area contributed by atoms with E-state index in [2.05, 4.69) is 22.0 Å². The highest BCUT2D eigenvalue weighted by Gasteiger charge is 2.53. The Hall–Kier alpha value is -2.25. The molecule has 3 unspecified atom stereocenters. The van der Waals surface area contributed by atoms with Gasteiger partial charge in [-0.25, -0.2) is 0 Å². The first-order valence-electron chi connectivity index (χ1n) is 10.3. The van der Waals surface area contributed by atoms with Gasteiger partial charge in [0.25, 0.3) is 5.91 Å². The van der Waals surface area contributed by atoms with Crippen molar-refractivity contribution in [2.75, 3.05) is 13.1 Å². The zero-order chi connectivity index (χ0) is 19.3. The van der Waals surface area contributed by atoms with Crippen LogP contribution < -0.4 is 16.0 Å². The fourth-order valence-electron chi connectivity index (χ4n) is 5.05. The highest BCUT2D eigenvalue weighted by Crippen LogP contribution is 2.47. The van der Waals surface area contributed by atoms with Gasteiger partial charge >= 0.3 is 0 Å². The molecule has 3 amide bonds. The number of nitrogens with zero attached hydrogens (tertiary/aromatic N) is 1. The number of rotatable bonds is 4. The molecule has 4 aliphatic rings. The highest BCUT2D eigenvalue weighted by molar-refractivity contribution is 6.05. The molecule has 1 aromatic rings. The van der Waals surface area contributed by atoms with Crippen molar-refractivity contribution >= 4 is 17.7 Å². The lowest BCUT2D eigenvalue weighted by Gasteiger charge is -2.29. The van der Waals surface area contributed by atoms with Gasteiger partial charge in [0, 0.05) is 30.6 Å². The molecule has 2 saturated heterocycles. The second-order valence-corrected chi connectivity index (χ2v) is 8.61. The molecule has 148 valence electrons. The summed E-state index contributed by atoms with van der Waals surface area (Å²) < 4.78 is 0. The van der Waals surface area contributed by atoms with Crippen molar-refractivity contribution in [2.24, 2.45) is 5.92 Å². The molecule has 5 rings (SSSR count). The van der Waals surface area contributed by atoms with Gasteiger partial charge in [-0.15, -0.1) is 0 Å². The third-order valence-electron chi connectivity index (χ3n) is 6.84. The first-order valence-corrected chi connectivity index (χ1v) is 10.3. The highest BCUT2D eigenvalue weighted by atomic mass is 16.2. The minimum absolute atomic E-state index is 0.104. The van der Waals surface area contributed by atoms with Crippen LogP contribution >= 0.6 is 0 Å². The summed E-state index contributed by atoms with van der Waals surface area (Å²) in [5, 5.41) is 9.60. The Morgan fingerprint density at radius 2 is 2.14 bits per heavy atom. The summed E-state index contributed by atoms with van der Waals surface area (Å²) >= 11 is 0. The van der Waals surface area contributed by atoms with Gasteiger partial charge < -0.3 is 15.5 Å². The van der Waals surface area contributed by atoms with E-state index in [-0.39, 0.29) is 29.7 Å². The van der Waals surface area contributed by atoms with Gasteiger partial charge in [0.15, 0.2) is 0 Å². The fraction of sp³-hybridized carbons (Fsp3) is 0.571. The molecule has 7 nitrogen and oxygen atoms in total. The smallest absolute Gasteiger partial charge is 0.255 e. The van der Waals surface area contributed by atoms with Crippen LogP contribution in [-0.2, 0) is 22.7 Å². The number of piperidine rings is 1. The number of amides is 3. The third kappa shape index (κ3) is 3.02. The van der Waals surface area contributed by atoms with Crippen LogP contribution in [0.25, 0.3) is 0 Å². The Bertz CT molecular complexity index is 854. The van der Waals surface area contributed by atoms with Crippen LogP contribution in [-0.4, -0.2) is 47.3 Å². The van der Waals surface area contributed by atoms with E-state index in [0.717, 1.165) is 30.8 Å².